The highest BCUT2D eigenvalue weighted by Gasteiger charge is 2.34. The predicted molar refractivity (Wildman–Crippen MR) is 92.4 cm³/mol. The molecule has 0 spiro atoms. The van der Waals surface area contributed by atoms with Gasteiger partial charge in [-0.1, -0.05) is 47.6 Å². The van der Waals surface area contributed by atoms with Crippen molar-refractivity contribution in [1.29, 1.82) is 0 Å². The summed E-state index contributed by atoms with van der Waals surface area (Å²) in [5, 5.41) is 10.7. The standard InChI is InChI=1S/C18H29NO.ClH/c1-17(2,3)12-9-13(15(19)11-7-8-11)16(20)14(10-12)18(4,5)6;/h9-11,15,20H,7-8,19H2,1-6H3;1H/t15-;/m0./s1. The Morgan fingerprint density at radius 2 is 1.57 bits per heavy atom. The number of nitrogens with two attached hydrogens (primary N) is 1. The van der Waals surface area contributed by atoms with Crippen molar-refractivity contribution in [3.63, 3.8) is 0 Å². The van der Waals surface area contributed by atoms with Gasteiger partial charge in [-0.2, -0.15) is 0 Å². The molecule has 3 N–H and O–H groups in total. The molecule has 0 aromatic heterocycles. The second-order valence-electron chi connectivity index (χ2n) is 8.32. The van der Waals surface area contributed by atoms with Crippen molar-refractivity contribution < 1.29 is 5.11 Å². The molecular weight excluding hydrogens is 282 g/mol. The first-order chi connectivity index (χ1) is 9.01. The zero-order valence-corrected chi connectivity index (χ0v) is 15.0. The minimum absolute atomic E-state index is 0. The van der Waals surface area contributed by atoms with Crippen molar-refractivity contribution >= 4 is 12.4 Å². The van der Waals surface area contributed by atoms with Crippen LogP contribution in [0.1, 0.15) is 77.1 Å². The first-order valence-corrected chi connectivity index (χ1v) is 7.65. The van der Waals surface area contributed by atoms with Crippen molar-refractivity contribution in [3.8, 4) is 5.75 Å². The van der Waals surface area contributed by atoms with Gasteiger partial charge >= 0.3 is 0 Å². The van der Waals surface area contributed by atoms with Crippen LogP contribution in [-0.2, 0) is 10.8 Å². The van der Waals surface area contributed by atoms with Crippen molar-refractivity contribution in [1.82, 2.24) is 0 Å². The molecule has 1 aliphatic carbocycles. The minimum Gasteiger partial charge on any atom is -0.507 e. The molecule has 21 heavy (non-hydrogen) atoms. The monoisotopic (exact) mass is 311 g/mol. The minimum atomic E-state index is -0.0800. The molecule has 1 aromatic rings. The van der Waals surface area contributed by atoms with E-state index < -0.39 is 0 Å². The number of hydrogen-bond donors (Lipinski definition) is 2. The normalized spacial score (nSPS) is 17.3. The maximum Gasteiger partial charge on any atom is 0.124 e. The number of phenolic OH excluding ortho intramolecular Hbond substituents is 1. The molecule has 1 atom stereocenters. The van der Waals surface area contributed by atoms with Gasteiger partial charge in [0.15, 0.2) is 0 Å². The Bertz CT molecular complexity index is 507. The first kappa shape index (κ1) is 18.3. The summed E-state index contributed by atoms with van der Waals surface area (Å²) in [6.07, 6.45) is 2.37. The fraction of sp³-hybridized carbons (Fsp3) is 0.667. The fourth-order valence-corrected chi connectivity index (χ4v) is 2.63. The van der Waals surface area contributed by atoms with Gasteiger partial charge in [-0.3, -0.25) is 0 Å². The lowest BCUT2D eigenvalue weighted by molar-refractivity contribution is 0.428. The maximum atomic E-state index is 10.7. The lowest BCUT2D eigenvalue weighted by Crippen LogP contribution is -2.20. The number of benzene rings is 1. The van der Waals surface area contributed by atoms with Gasteiger partial charge in [0.05, 0.1) is 0 Å². The van der Waals surface area contributed by atoms with Gasteiger partial charge in [0.2, 0.25) is 0 Å². The van der Waals surface area contributed by atoms with Gasteiger partial charge in [0.1, 0.15) is 5.75 Å². The van der Waals surface area contributed by atoms with Crippen LogP contribution in [0.3, 0.4) is 0 Å². The first-order valence-electron chi connectivity index (χ1n) is 7.65. The molecule has 2 rings (SSSR count). The van der Waals surface area contributed by atoms with Crippen LogP contribution in [0.15, 0.2) is 12.1 Å². The van der Waals surface area contributed by atoms with E-state index in [1.165, 1.54) is 18.4 Å². The molecule has 0 amide bonds. The van der Waals surface area contributed by atoms with E-state index in [1.807, 2.05) is 0 Å². The summed E-state index contributed by atoms with van der Waals surface area (Å²) in [7, 11) is 0. The lowest BCUT2D eigenvalue weighted by atomic mass is 9.78. The molecule has 1 aromatic carbocycles. The zero-order chi connectivity index (χ0) is 15.3. The zero-order valence-electron chi connectivity index (χ0n) is 14.2. The lowest BCUT2D eigenvalue weighted by Gasteiger charge is -2.29. The van der Waals surface area contributed by atoms with Crippen LogP contribution in [0.5, 0.6) is 5.75 Å². The Morgan fingerprint density at radius 1 is 1.05 bits per heavy atom. The molecule has 3 heteroatoms. The largest absolute Gasteiger partial charge is 0.507 e. The molecule has 0 saturated heterocycles. The second-order valence-corrected chi connectivity index (χ2v) is 8.32. The molecule has 1 aliphatic rings. The SMILES string of the molecule is CC(C)(C)c1cc([C@@H](N)C2CC2)c(O)c(C(C)(C)C)c1.Cl. The number of rotatable bonds is 2. The molecule has 0 radical (unpaired) electrons. The van der Waals surface area contributed by atoms with E-state index in [1.54, 1.807) is 0 Å². The van der Waals surface area contributed by atoms with Gasteiger partial charge in [0, 0.05) is 11.6 Å². The van der Waals surface area contributed by atoms with Gasteiger partial charge in [0.25, 0.3) is 0 Å². The van der Waals surface area contributed by atoms with Crippen molar-refractivity contribution in [3.05, 3.63) is 28.8 Å². The topological polar surface area (TPSA) is 46.2 Å². The molecule has 0 aliphatic heterocycles. The van der Waals surface area contributed by atoms with Crippen LogP contribution in [0.4, 0.5) is 0 Å². The Labute approximate surface area is 135 Å². The number of phenols is 1. The summed E-state index contributed by atoms with van der Waals surface area (Å²) in [5.41, 5.74) is 9.55. The highest BCUT2D eigenvalue weighted by atomic mass is 35.5. The predicted octanol–water partition coefficient (Wildman–Crippen LogP) is 4.82. The van der Waals surface area contributed by atoms with Crippen LogP contribution < -0.4 is 5.73 Å². The highest BCUT2D eigenvalue weighted by Crippen LogP contribution is 2.46. The van der Waals surface area contributed by atoms with Gasteiger partial charge in [-0.25, -0.2) is 0 Å². The van der Waals surface area contributed by atoms with E-state index in [2.05, 4.69) is 53.7 Å². The van der Waals surface area contributed by atoms with Crippen LogP contribution in [0, 0.1) is 5.92 Å². The van der Waals surface area contributed by atoms with Crippen LogP contribution in [-0.4, -0.2) is 5.11 Å². The molecule has 0 heterocycles. The summed E-state index contributed by atoms with van der Waals surface area (Å²) < 4.78 is 0. The Hall–Kier alpha value is -0.730. The quantitative estimate of drug-likeness (QED) is 0.822. The Balaban J connectivity index is 0.00000220. The summed E-state index contributed by atoms with van der Waals surface area (Å²) in [6, 6.07) is 4.24. The van der Waals surface area contributed by atoms with Crippen LogP contribution >= 0.6 is 12.4 Å². The number of hydrogen-bond acceptors (Lipinski definition) is 2. The summed E-state index contributed by atoms with van der Waals surface area (Å²) >= 11 is 0. The van der Waals surface area contributed by atoms with Crippen molar-refractivity contribution in [2.45, 2.75) is 71.3 Å². The third-order valence-corrected chi connectivity index (χ3v) is 4.30. The van der Waals surface area contributed by atoms with Gasteiger partial charge in [-0.05, 0) is 46.8 Å². The van der Waals surface area contributed by atoms with E-state index in [4.69, 9.17) is 5.73 Å². The average Bonchev–Trinajstić information content (AvgIpc) is 3.08. The summed E-state index contributed by atoms with van der Waals surface area (Å²) in [4.78, 5) is 0. The van der Waals surface area contributed by atoms with E-state index in [0.717, 1.165) is 11.1 Å². The molecule has 120 valence electrons. The summed E-state index contributed by atoms with van der Waals surface area (Å²) in [5.74, 6) is 0.953. The molecule has 0 bridgehead atoms. The molecular formula is C18H30ClNO. The summed E-state index contributed by atoms with van der Waals surface area (Å²) in [6.45, 7) is 13.0. The fourth-order valence-electron chi connectivity index (χ4n) is 2.63. The van der Waals surface area contributed by atoms with E-state index in [9.17, 15) is 5.11 Å². The second kappa shape index (κ2) is 5.81. The number of halogens is 1. The Morgan fingerprint density at radius 3 is 1.95 bits per heavy atom. The van der Waals surface area contributed by atoms with E-state index >= 15 is 0 Å². The average molecular weight is 312 g/mol. The molecule has 1 fully saturated rings. The third kappa shape index (κ3) is 3.92. The van der Waals surface area contributed by atoms with Crippen LogP contribution in [0.25, 0.3) is 0 Å². The highest BCUT2D eigenvalue weighted by molar-refractivity contribution is 5.85. The van der Waals surface area contributed by atoms with Crippen LogP contribution in [0.2, 0.25) is 0 Å². The van der Waals surface area contributed by atoms with Crippen molar-refractivity contribution in [2.24, 2.45) is 11.7 Å². The third-order valence-electron chi connectivity index (χ3n) is 4.30. The van der Waals surface area contributed by atoms with E-state index in [0.29, 0.717) is 11.7 Å². The number of aromatic hydroxyl groups is 1. The molecule has 2 nitrogen and oxygen atoms in total. The molecule has 1 saturated carbocycles. The smallest absolute Gasteiger partial charge is 0.124 e. The van der Waals surface area contributed by atoms with Gasteiger partial charge in [-0.15, -0.1) is 12.4 Å². The Kier molecular flexibility index (Phi) is 5.07. The molecule has 0 unspecified atom stereocenters. The van der Waals surface area contributed by atoms with E-state index in [-0.39, 0.29) is 29.3 Å². The van der Waals surface area contributed by atoms with Gasteiger partial charge < -0.3 is 10.8 Å². The maximum absolute atomic E-state index is 10.7. The van der Waals surface area contributed by atoms with Crippen molar-refractivity contribution in [2.75, 3.05) is 0 Å².